The number of hydrogen-bond donors (Lipinski definition) is 0. The minimum absolute atomic E-state index is 0.0341. The summed E-state index contributed by atoms with van der Waals surface area (Å²) >= 11 is 0. The highest BCUT2D eigenvalue weighted by molar-refractivity contribution is 6.15. The molecule has 0 bridgehead atoms. The van der Waals surface area contributed by atoms with E-state index in [4.69, 9.17) is 0 Å². The van der Waals surface area contributed by atoms with Crippen LogP contribution in [0.25, 0.3) is 21.5 Å². The molecule has 0 aliphatic carbocycles. The lowest BCUT2D eigenvalue weighted by Crippen LogP contribution is -1.92. The summed E-state index contributed by atoms with van der Waals surface area (Å²) in [7, 11) is 0. The number of hydrogen-bond acceptors (Lipinski definition) is 3. The smallest absolute Gasteiger partial charge is 0.269 e. The van der Waals surface area contributed by atoms with E-state index in [9.17, 15) is 14.9 Å². The van der Waals surface area contributed by atoms with Crippen LogP contribution in [0.15, 0.2) is 72.8 Å². The van der Waals surface area contributed by atoms with Crippen molar-refractivity contribution in [2.75, 3.05) is 0 Å². The van der Waals surface area contributed by atoms with Crippen LogP contribution < -0.4 is 0 Å². The minimum Gasteiger partial charge on any atom is -0.298 e. The van der Waals surface area contributed by atoms with Gasteiger partial charge in [-0.2, -0.15) is 0 Å². The van der Waals surface area contributed by atoms with E-state index in [2.05, 4.69) is 11.8 Å². The predicted molar refractivity (Wildman–Crippen MR) is 106 cm³/mol. The predicted octanol–water partition coefficient (Wildman–Crippen LogP) is 5.11. The van der Waals surface area contributed by atoms with Crippen LogP contribution in [-0.2, 0) is 0 Å². The quantitative estimate of drug-likeness (QED) is 0.166. The van der Waals surface area contributed by atoms with Crippen molar-refractivity contribution in [2.45, 2.75) is 0 Å². The molecular formula is C23H13NO3. The van der Waals surface area contributed by atoms with Gasteiger partial charge in [0.15, 0.2) is 6.29 Å². The standard InChI is InChI=1S/C23H13NO3/c25-15-23-20-7-3-1-5-18(20)22(19-6-2-4-8-21(19)23)14-11-16-9-12-17(13-10-16)24(26)27/h1-10,12-13,15H. The normalized spacial score (nSPS) is 10.4. The number of fused-ring (bicyclic) bond motifs is 2. The molecular weight excluding hydrogens is 338 g/mol. The van der Waals surface area contributed by atoms with Gasteiger partial charge >= 0.3 is 0 Å². The Balaban J connectivity index is 1.96. The van der Waals surface area contributed by atoms with Crippen molar-refractivity contribution in [3.8, 4) is 11.8 Å². The Morgan fingerprint density at radius 3 is 1.74 bits per heavy atom. The highest BCUT2D eigenvalue weighted by Crippen LogP contribution is 2.31. The lowest BCUT2D eigenvalue weighted by atomic mass is 9.92. The summed E-state index contributed by atoms with van der Waals surface area (Å²) in [5.74, 6) is 6.30. The van der Waals surface area contributed by atoms with Crippen LogP contribution in [-0.4, -0.2) is 11.2 Å². The molecule has 0 heterocycles. The maximum atomic E-state index is 11.7. The molecule has 0 fully saturated rings. The van der Waals surface area contributed by atoms with Crippen molar-refractivity contribution in [1.29, 1.82) is 0 Å². The summed E-state index contributed by atoms with van der Waals surface area (Å²) in [5, 5.41) is 14.3. The fourth-order valence-electron chi connectivity index (χ4n) is 3.22. The van der Waals surface area contributed by atoms with E-state index in [0.29, 0.717) is 11.1 Å². The van der Waals surface area contributed by atoms with Gasteiger partial charge in [0, 0.05) is 28.8 Å². The summed E-state index contributed by atoms with van der Waals surface area (Å²) in [6, 6.07) is 21.5. The first kappa shape index (κ1) is 16.5. The molecule has 0 aliphatic rings. The summed E-state index contributed by atoms with van der Waals surface area (Å²) in [5.41, 5.74) is 2.22. The Morgan fingerprint density at radius 2 is 1.26 bits per heavy atom. The zero-order valence-corrected chi connectivity index (χ0v) is 14.2. The topological polar surface area (TPSA) is 60.2 Å². The number of rotatable bonds is 2. The SMILES string of the molecule is O=Cc1c2ccccc2c(C#Cc2ccc([N+](=O)[O-])cc2)c2ccccc12. The van der Waals surface area contributed by atoms with Crippen molar-refractivity contribution < 1.29 is 9.72 Å². The van der Waals surface area contributed by atoms with Gasteiger partial charge in [-0.3, -0.25) is 14.9 Å². The molecule has 4 rings (SSSR count). The van der Waals surface area contributed by atoms with Gasteiger partial charge < -0.3 is 0 Å². The molecule has 0 aliphatic heterocycles. The lowest BCUT2D eigenvalue weighted by Gasteiger charge is -2.10. The van der Waals surface area contributed by atoms with Crippen LogP contribution in [0.3, 0.4) is 0 Å². The molecule has 27 heavy (non-hydrogen) atoms. The molecule has 4 nitrogen and oxygen atoms in total. The highest BCUT2D eigenvalue weighted by Gasteiger charge is 2.11. The van der Waals surface area contributed by atoms with E-state index in [0.717, 1.165) is 33.4 Å². The molecule has 0 spiro atoms. The van der Waals surface area contributed by atoms with Crippen LogP contribution in [0.5, 0.6) is 0 Å². The third-order valence-corrected chi connectivity index (χ3v) is 4.50. The Morgan fingerprint density at radius 1 is 0.741 bits per heavy atom. The van der Waals surface area contributed by atoms with Crippen molar-refractivity contribution in [3.63, 3.8) is 0 Å². The van der Waals surface area contributed by atoms with Gasteiger partial charge in [0.1, 0.15) is 0 Å². The molecule has 0 radical (unpaired) electrons. The monoisotopic (exact) mass is 351 g/mol. The first-order valence-electron chi connectivity index (χ1n) is 8.34. The largest absolute Gasteiger partial charge is 0.298 e. The molecule has 4 aromatic rings. The van der Waals surface area contributed by atoms with Gasteiger partial charge in [0.25, 0.3) is 5.69 Å². The van der Waals surface area contributed by atoms with E-state index in [1.165, 1.54) is 12.1 Å². The number of nitrogens with zero attached hydrogens (tertiary/aromatic N) is 1. The van der Waals surface area contributed by atoms with Crippen molar-refractivity contribution in [3.05, 3.63) is 99.6 Å². The molecule has 0 saturated heterocycles. The third kappa shape index (κ3) is 2.92. The van der Waals surface area contributed by atoms with Crippen LogP contribution in [0, 0.1) is 22.0 Å². The van der Waals surface area contributed by atoms with Crippen LogP contribution in [0.4, 0.5) is 5.69 Å². The number of nitro benzene ring substituents is 1. The molecule has 0 N–H and O–H groups in total. The number of non-ortho nitro benzene ring substituents is 1. The highest BCUT2D eigenvalue weighted by atomic mass is 16.6. The van der Waals surface area contributed by atoms with Crippen molar-refractivity contribution in [1.82, 2.24) is 0 Å². The molecule has 0 amide bonds. The minimum atomic E-state index is -0.434. The number of carbonyl (C=O) groups is 1. The zero-order valence-electron chi connectivity index (χ0n) is 14.2. The fourth-order valence-corrected chi connectivity index (χ4v) is 3.22. The zero-order chi connectivity index (χ0) is 18.8. The summed E-state index contributed by atoms with van der Waals surface area (Å²) in [6.07, 6.45) is 0.887. The van der Waals surface area contributed by atoms with Gasteiger partial charge in [-0.1, -0.05) is 60.4 Å². The van der Waals surface area contributed by atoms with Crippen molar-refractivity contribution >= 4 is 33.5 Å². The second-order valence-corrected chi connectivity index (χ2v) is 6.05. The molecule has 128 valence electrons. The Labute approximate surface area is 155 Å². The fraction of sp³-hybridized carbons (Fsp3) is 0. The molecule has 0 saturated carbocycles. The Bertz CT molecular complexity index is 1210. The Kier molecular flexibility index (Phi) is 4.12. The summed E-state index contributed by atoms with van der Waals surface area (Å²) < 4.78 is 0. The van der Waals surface area contributed by atoms with E-state index in [1.807, 2.05) is 48.5 Å². The maximum absolute atomic E-state index is 11.7. The first-order valence-corrected chi connectivity index (χ1v) is 8.34. The van der Waals surface area contributed by atoms with E-state index in [-0.39, 0.29) is 5.69 Å². The van der Waals surface area contributed by atoms with E-state index < -0.39 is 4.92 Å². The third-order valence-electron chi connectivity index (χ3n) is 4.50. The first-order chi connectivity index (χ1) is 13.2. The molecule has 0 aromatic heterocycles. The number of carbonyl (C=O) groups excluding carboxylic acids is 1. The van der Waals surface area contributed by atoms with Crippen molar-refractivity contribution in [2.24, 2.45) is 0 Å². The van der Waals surface area contributed by atoms with Crippen LogP contribution >= 0.6 is 0 Å². The van der Waals surface area contributed by atoms with Gasteiger partial charge in [-0.05, 0) is 33.7 Å². The van der Waals surface area contributed by atoms with Gasteiger partial charge in [-0.25, -0.2) is 0 Å². The summed E-state index contributed by atoms with van der Waals surface area (Å²) in [4.78, 5) is 22.1. The van der Waals surface area contributed by atoms with Crippen LogP contribution in [0.2, 0.25) is 0 Å². The Hall–Kier alpha value is -3.97. The second kappa shape index (κ2) is 6.74. The molecule has 0 atom stereocenters. The average Bonchev–Trinajstić information content (AvgIpc) is 2.71. The van der Waals surface area contributed by atoms with Gasteiger partial charge in [0.05, 0.1) is 4.92 Å². The average molecular weight is 351 g/mol. The maximum Gasteiger partial charge on any atom is 0.269 e. The van der Waals surface area contributed by atoms with Gasteiger partial charge in [0.2, 0.25) is 0 Å². The number of aldehydes is 1. The number of nitro groups is 1. The van der Waals surface area contributed by atoms with E-state index >= 15 is 0 Å². The second-order valence-electron chi connectivity index (χ2n) is 6.05. The number of benzene rings is 4. The lowest BCUT2D eigenvalue weighted by molar-refractivity contribution is -0.384. The van der Waals surface area contributed by atoms with E-state index in [1.54, 1.807) is 12.1 Å². The molecule has 0 unspecified atom stereocenters. The van der Waals surface area contributed by atoms with Gasteiger partial charge in [-0.15, -0.1) is 0 Å². The molecule has 4 aromatic carbocycles. The summed E-state index contributed by atoms with van der Waals surface area (Å²) in [6.45, 7) is 0. The van der Waals surface area contributed by atoms with Crippen LogP contribution in [0.1, 0.15) is 21.5 Å². The molecule has 4 heteroatoms.